The molecule has 4 heteroatoms. The van der Waals surface area contributed by atoms with Gasteiger partial charge in [0.05, 0.1) is 4.51 Å². The summed E-state index contributed by atoms with van der Waals surface area (Å²) in [5.41, 5.74) is 0. The molecule has 0 bridgehead atoms. The highest BCUT2D eigenvalue weighted by Gasteiger charge is 1.90. The lowest BCUT2D eigenvalue weighted by atomic mass is 10.5. The largest absolute Gasteiger partial charge is 0.337 e. The molecule has 1 N–H and O–H groups in total. The molecule has 0 amide bonds. The van der Waals surface area contributed by atoms with Gasteiger partial charge in [-0.15, -0.1) is 0 Å². The van der Waals surface area contributed by atoms with Gasteiger partial charge >= 0.3 is 0 Å². The first kappa shape index (κ1) is 7.14. The maximum absolute atomic E-state index is 12.2. The molecule has 1 nitrogen and oxygen atoms in total. The first-order chi connectivity index (χ1) is 4.20. The van der Waals surface area contributed by atoms with E-state index < -0.39 is 0 Å². The van der Waals surface area contributed by atoms with E-state index in [4.69, 9.17) is 12.2 Å². The van der Waals surface area contributed by atoms with E-state index in [0.29, 0.717) is 4.51 Å². The van der Waals surface area contributed by atoms with Crippen molar-refractivity contribution in [2.24, 2.45) is 0 Å². The summed E-state index contributed by atoms with van der Waals surface area (Å²) in [5.74, 6) is -0.389. The Morgan fingerprint density at radius 3 is 2.78 bits per heavy atom. The van der Waals surface area contributed by atoms with Crippen molar-refractivity contribution < 1.29 is 4.39 Å². The number of nitrogens with one attached hydrogen (secondary N) is 1. The van der Waals surface area contributed by atoms with Crippen LogP contribution in [-0.4, -0.2) is 4.98 Å². The molecule has 0 saturated heterocycles. The van der Waals surface area contributed by atoms with Gasteiger partial charge in [-0.05, 0) is 22.6 Å². The third-order valence-corrected chi connectivity index (χ3v) is 2.43. The maximum atomic E-state index is 12.2. The number of hydrogen-bond donors (Lipinski definition) is 1. The molecule has 1 heterocycles. The summed E-state index contributed by atoms with van der Waals surface area (Å²) in [5, 5.41) is 0. The normalized spacial score (nSPS) is 9.56. The van der Waals surface area contributed by atoms with Crippen LogP contribution in [0.15, 0.2) is 12.3 Å². The molecule has 0 aromatic carbocycles. The minimum Gasteiger partial charge on any atom is -0.337 e. The second-order valence-corrected chi connectivity index (χ2v) is 3.10. The molecule has 0 aliphatic rings. The number of H-pyrrole nitrogens is 1. The fourth-order valence-corrected chi connectivity index (χ4v) is 0.903. The first-order valence-corrected chi connectivity index (χ1v) is 3.72. The van der Waals surface area contributed by atoms with Crippen LogP contribution in [0.1, 0.15) is 0 Å². The van der Waals surface area contributed by atoms with E-state index in [1.165, 1.54) is 12.3 Å². The van der Waals surface area contributed by atoms with E-state index >= 15 is 0 Å². The third kappa shape index (κ3) is 1.72. The molecule has 9 heavy (non-hydrogen) atoms. The fraction of sp³-hybridized carbons (Fsp3) is 0. The van der Waals surface area contributed by atoms with E-state index in [-0.39, 0.29) is 5.95 Å². The number of halogens is 2. The van der Waals surface area contributed by atoms with E-state index in [1.807, 2.05) is 22.6 Å². The van der Waals surface area contributed by atoms with E-state index in [2.05, 4.69) is 4.98 Å². The van der Waals surface area contributed by atoms with Crippen molar-refractivity contribution in [3.63, 3.8) is 0 Å². The van der Waals surface area contributed by atoms with Crippen molar-refractivity contribution >= 4 is 34.8 Å². The Morgan fingerprint density at radius 1 is 1.67 bits per heavy atom. The summed E-state index contributed by atoms with van der Waals surface area (Å²) in [4.78, 5) is 2.40. The monoisotopic (exact) mass is 255 g/mol. The van der Waals surface area contributed by atoms with Crippen LogP contribution >= 0.6 is 34.8 Å². The zero-order chi connectivity index (χ0) is 6.85. The van der Waals surface area contributed by atoms with Crippen LogP contribution in [0.2, 0.25) is 0 Å². The molecule has 0 aliphatic heterocycles. The fourth-order valence-electron chi connectivity index (χ4n) is 0.429. The van der Waals surface area contributed by atoms with Gasteiger partial charge in [0.25, 0.3) is 0 Å². The minimum atomic E-state index is -0.389. The van der Waals surface area contributed by atoms with Crippen molar-refractivity contribution in [3.8, 4) is 0 Å². The molecular weight excluding hydrogens is 252 g/mol. The second kappa shape index (κ2) is 2.74. The Kier molecular flexibility index (Phi) is 2.18. The van der Waals surface area contributed by atoms with Gasteiger partial charge in [-0.25, -0.2) is 0 Å². The molecule has 1 aromatic rings. The Hall–Kier alpha value is 0.0300. The molecule has 0 radical (unpaired) electrons. The summed E-state index contributed by atoms with van der Waals surface area (Å²) in [7, 11) is 0. The van der Waals surface area contributed by atoms with E-state index in [9.17, 15) is 4.39 Å². The van der Waals surface area contributed by atoms with Crippen molar-refractivity contribution in [1.29, 1.82) is 0 Å². The summed E-state index contributed by atoms with van der Waals surface area (Å²) < 4.78 is 13.6. The molecule has 0 saturated carbocycles. The Bertz CT molecular complexity index is 270. The molecule has 48 valence electrons. The zero-order valence-electron chi connectivity index (χ0n) is 4.32. The number of aromatic nitrogens is 1. The lowest BCUT2D eigenvalue weighted by Gasteiger charge is -1.88. The van der Waals surface area contributed by atoms with Gasteiger partial charge < -0.3 is 4.98 Å². The van der Waals surface area contributed by atoms with Gasteiger partial charge in [0.2, 0.25) is 0 Å². The molecule has 0 spiro atoms. The van der Waals surface area contributed by atoms with Gasteiger partial charge in [0.15, 0.2) is 5.95 Å². The topological polar surface area (TPSA) is 15.8 Å². The SMILES string of the molecule is Fc1cc(=S)c(I)c[nH]1. The van der Waals surface area contributed by atoms with Crippen molar-refractivity contribution in [1.82, 2.24) is 4.98 Å². The smallest absolute Gasteiger partial charge is 0.192 e. The third-order valence-electron chi connectivity index (χ3n) is 0.830. The highest BCUT2D eigenvalue weighted by Crippen LogP contribution is 2.05. The standard InChI is InChI=1S/C5H3FINS/c6-5-1-4(9)3(7)2-8-5/h1-2H,(H,8,9). The molecule has 0 unspecified atom stereocenters. The number of rotatable bonds is 0. The highest BCUT2D eigenvalue weighted by atomic mass is 127. The molecule has 0 fully saturated rings. The predicted molar refractivity (Wildman–Crippen MR) is 44.3 cm³/mol. The summed E-state index contributed by atoms with van der Waals surface area (Å²) >= 11 is 6.81. The first-order valence-electron chi connectivity index (χ1n) is 2.24. The average molecular weight is 255 g/mol. The van der Waals surface area contributed by atoms with Crippen LogP contribution < -0.4 is 0 Å². The zero-order valence-corrected chi connectivity index (χ0v) is 7.29. The Morgan fingerprint density at radius 2 is 2.33 bits per heavy atom. The van der Waals surface area contributed by atoms with Crippen LogP contribution in [-0.2, 0) is 0 Å². The van der Waals surface area contributed by atoms with Crippen LogP contribution in [0.25, 0.3) is 0 Å². The van der Waals surface area contributed by atoms with Crippen molar-refractivity contribution in [2.45, 2.75) is 0 Å². The second-order valence-electron chi connectivity index (χ2n) is 1.49. The molecular formula is C5H3FINS. The van der Waals surface area contributed by atoms with Crippen LogP contribution in [0.4, 0.5) is 4.39 Å². The average Bonchev–Trinajstić information content (AvgIpc) is 1.80. The van der Waals surface area contributed by atoms with Gasteiger partial charge in [0.1, 0.15) is 0 Å². The lowest BCUT2D eigenvalue weighted by molar-refractivity contribution is 0.582. The predicted octanol–water partition coefficient (Wildman–Crippen LogP) is 2.49. The molecule has 0 aliphatic carbocycles. The molecule has 1 rings (SSSR count). The van der Waals surface area contributed by atoms with Gasteiger partial charge in [-0.3, -0.25) is 0 Å². The summed E-state index contributed by atoms with van der Waals surface area (Å²) in [6.45, 7) is 0. The summed E-state index contributed by atoms with van der Waals surface area (Å²) in [6.07, 6.45) is 1.54. The van der Waals surface area contributed by atoms with Crippen molar-refractivity contribution in [3.05, 3.63) is 26.3 Å². The van der Waals surface area contributed by atoms with E-state index in [0.717, 1.165) is 3.57 Å². The number of aromatic amines is 1. The minimum absolute atomic E-state index is 0.389. The van der Waals surface area contributed by atoms with Gasteiger partial charge in [-0.2, -0.15) is 4.39 Å². The van der Waals surface area contributed by atoms with Gasteiger partial charge in [0, 0.05) is 15.8 Å². The van der Waals surface area contributed by atoms with Crippen LogP contribution in [0.3, 0.4) is 0 Å². The Balaban J connectivity index is 3.34. The van der Waals surface area contributed by atoms with Crippen molar-refractivity contribution in [2.75, 3.05) is 0 Å². The van der Waals surface area contributed by atoms with Crippen LogP contribution in [0.5, 0.6) is 0 Å². The molecule has 0 atom stereocenters. The molecule has 1 aromatic heterocycles. The number of hydrogen-bond acceptors (Lipinski definition) is 1. The van der Waals surface area contributed by atoms with E-state index in [1.54, 1.807) is 0 Å². The maximum Gasteiger partial charge on any atom is 0.192 e. The Labute approximate surface area is 70.4 Å². The number of pyridine rings is 1. The lowest BCUT2D eigenvalue weighted by Crippen LogP contribution is -1.82. The summed E-state index contributed by atoms with van der Waals surface area (Å²) in [6, 6.07) is 1.29. The van der Waals surface area contributed by atoms with Crippen LogP contribution in [0, 0.1) is 14.0 Å². The quantitative estimate of drug-likeness (QED) is 0.428. The highest BCUT2D eigenvalue weighted by molar-refractivity contribution is 14.1. The van der Waals surface area contributed by atoms with Gasteiger partial charge in [-0.1, -0.05) is 12.2 Å².